The summed E-state index contributed by atoms with van der Waals surface area (Å²) >= 11 is 0. The molecule has 0 saturated carbocycles. The van der Waals surface area contributed by atoms with E-state index in [1.54, 1.807) is 0 Å². The fraction of sp³-hybridized carbons (Fsp3) is 1.00. The largest absolute Gasteiger partial charge is 0.314 e. The molecule has 0 radical (unpaired) electrons. The molecule has 1 aliphatic rings. The van der Waals surface area contributed by atoms with Gasteiger partial charge in [0.2, 0.25) is 0 Å². The van der Waals surface area contributed by atoms with Crippen LogP contribution >= 0.6 is 0 Å². The maximum atomic E-state index is 13.9. The molecule has 0 bridgehead atoms. The fourth-order valence-electron chi connectivity index (χ4n) is 1.96. The molecule has 0 aliphatic carbocycles. The SMILES string of the molecule is CCC1CCNCC1(F)CC. The van der Waals surface area contributed by atoms with Gasteiger partial charge >= 0.3 is 0 Å². The molecule has 1 heterocycles. The number of piperidine rings is 1. The number of halogens is 1. The number of hydrogen-bond donors (Lipinski definition) is 1. The topological polar surface area (TPSA) is 12.0 Å². The van der Waals surface area contributed by atoms with Gasteiger partial charge < -0.3 is 5.32 Å². The summed E-state index contributed by atoms with van der Waals surface area (Å²) < 4.78 is 13.9. The average molecular weight is 159 g/mol. The van der Waals surface area contributed by atoms with Gasteiger partial charge in [-0.2, -0.15) is 0 Å². The van der Waals surface area contributed by atoms with Crippen LogP contribution in [0.5, 0.6) is 0 Å². The minimum Gasteiger partial charge on any atom is -0.314 e. The van der Waals surface area contributed by atoms with E-state index in [9.17, 15) is 4.39 Å². The Balaban J connectivity index is 2.57. The van der Waals surface area contributed by atoms with Crippen molar-refractivity contribution in [3.63, 3.8) is 0 Å². The van der Waals surface area contributed by atoms with Crippen molar-refractivity contribution in [3.8, 4) is 0 Å². The molecule has 1 N–H and O–H groups in total. The van der Waals surface area contributed by atoms with Crippen molar-refractivity contribution in [1.29, 1.82) is 0 Å². The lowest BCUT2D eigenvalue weighted by molar-refractivity contribution is 0.0458. The standard InChI is InChI=1S/C9H18FN/c1-3-8-5-6-11-7-9(8,10)4-2/h8,11H,3-7H2,1-2H3. The molecule has 1 fully saturated rings. The van der Waals surface area contributed by atoms with Crippen molar-refractivity contribution in [1.82, 2.24) is 5.32 Å². The Morgan fingerprint density at radius 2 is 2.27 bits per heavy atom. The Bertz CT molecular complexity index is 127. The molecule has 1 nitrogen and oxygen atoms in total. The van der Waals surface area contributed by atoms with E-state index in [0.29, 0.717) is 13.0 Å². The van der Waals surface area contributed by atoms with Crippen LogP contribution in [-0.2, 0) is 0 Å². The summed E-state index contributed by atoms with van der Waals surface area (Å²) in [5, 5.41) is 3.12. The first-order valence-electron chi connectivity index (χ1n) is 4.62. The number of alkyl halides is 1. The summed E-state index contributed by atoms with van der Waals surface area (Å²) in [6, 6.07) is 0. The maximum Gasteiger partial charge on any atom is 0.126 e. The number of hydrogen-bond acceptors (Lipinski definition) is 1. The molecule has 2 unspecified atom stereocenters. The molecule has 66 valence electrons. The molecule has 0 spiro atoms. The fourth-order valence-corrected chi connectivity index (χ4v) is 1.96. The molecule has 0 aromatic carbocycles. The second-order valence-electron chi connectivity index (χ2n) is 3.46. The Kier molecular flexibility index (Phi) is 2.88. The Hall–Kier alpha value is -0.110. The van der Waals surface area contributed by atoms with E-state index in [-0.39, 0.29) is 5.92 Å². The molecule has 2 atom stereocenters. The average Bonchev–Trinajstić information content (AvgIpc) is 2.05. The van der Waals surface area contributed by atoms with Gasteiger partial charge in [0.15, 0.2) is 0 Å². The van der Waals surface area contributed by atoms with Crippen LogP contribution in [0.25, 0.3) is 0 Å². The zero-order valence-electron chi connectivity index (χ0n) is 7.49. The first-order valence-corrected chi connectivity index (χ1v) is 4.62. The smallest absolute Gasteiger partial charge is 0.126 e. The van der Waals surface area contributed by atoms with Gasteiger partial charge in [-0.3, -0.25) is 0 Å². The van der Waals surface area contributed by atoms with Gasteiger partial charge in [0.25, 0.3) is 0 Å². The molecule has 1 saturated heterocycles. The molecular formula is C9H18FN. The quantitative estimate of drug-likeness (QED) is 0.650. The van der Waals surface area contributed by atoms with Crippen LogP contribution in [0, 0.1) is 5.92 Å². The summed E-state index contributed by atoms with van der Waals surface area (Å²) in [4.78, 5) is 0. The molecule has 1 aliphatic heterocycles. The van der Waals surface area contributed by atoms with Gasteiger partial charge in [-0.05, 0) is 25.3 Å². The monoisotopic (exact) mass is 159 g/mol. The zero-order valence-corrected chi connectivity index (χ0v) is 7.49. The van der Waals surface area contributed by atoms with Crippen LogP contribution in [0.4, 0.5) is 4.39 Å². The van der Waals surface area contributed by atoms with Crippen molar-refractivity contribution >= 4 is 0 Å². The van der Waals surface area contributed by atoms with Crippen LogP contribution in [-0.4, -0.2) is 18.8 Å². The van der Waals surface area contributed by atoms with Crippen molar-refractivity contribution in [2.75, 3.05) is 13.1 Å². The summed E-state index contributed by atoms with van der Waals surface area (Å²) in [5.41, 5.74) is -0.924. The Morgan fingerprint density at radius 3 is 2.73 bits per heavy atom. The first-order chi connectivity index (χ1) is 5.23. The molecular weight excluding hydrogens is 141 g/mol. The highest BCUT2D eigenvalue weighted by atomic mass is 19.1. The van der Waals surface area contributed by atoms with Gasteiger partial charge in [-0.1, -0.05) is 20.3 Å². The Labute approximate surface area is 68.4 Å². The van der Waals surface area contributed by atoms with Crippen molar-refractivity contribution < 1.29 is 4.39 Å². The molecule has 2 heteroatoms. The summed E-state index contributed by atoms with van der Waals surface area (Å²) in [6.45, 7) is 5.57. The number of nitrogens with one attached hydrogen (secondary N) is 1. The minimum absolute atomic E-state index is 0.286. The van der Waals surface area contributed by atoms with E-state index in [0.717, 1.165) is 19.4 Å². The lowest BCUT2D eigenvalue weighted by Gasteiger charge is -2.37. The van der Waals surface area contributed by atoms with E-state index in [4.69, 9.17) is 0 Å². The predicted molar refractivity (Wildman–Crippen MR) is 45.4 cm³/mol. The molecule has 0 amide bonds. The van der Waals surface area contributed by atoms with Crippen LogP contribution in [0.1, 0.15) is 33.1 Å². The second kappa shape index (κ2) is 3.53. The van der Waals surface area contributed by atoms with Gasteiger partial charge in [0.1, 0.15) is 5.67 Å². The lowest BCUT2D eigenvalue weighted by Crippen LogP contribution is -2.48. The molecule has 11 heavy (non-hydrogen) atoms. The normalized spacial score (nSPS) is 39.0. The third kappa shape index (κ3) is 1.73. The first kappa shape index (κ1) is 8.98. The second-order valence-corrected chi connectivity index (χ2v) is 3.46. The predicted octanol–water partition coefficient (Wildman–Crippen LogP) is 2.12. The Morgan fingerprint density at radius 1 is 1.55 bits per heavy atom. The zero-order chi connectivity index (χ0) is 8.32. The lowest BCUT2D eigenvalue weighted by atomic mass is 9.80. The highest BCUT2D eigenvalue weighted by Crippen LogP contribution is 2.32. The number of rotatable bonds is 2. The van der Waals surface area contributed by atoms with E-state index in [2.05, 4.69) is 12.2 Å². The molecule has 0 aromatic heterocycles. The van der Waals surface area contributed by atoms with Crippen molar-refractivity contribution in [2.45, 2.75) is 38.8 Å². The highest BCUT2D eigenvalue weighted by molar-refractivity contribution is 4.91. The van der Waals surface area contributed by atoms with E-state index in [1.807, 2.05) is 6.92 Å². The van der Waals surface area contributed by atoms with Crippen molar-refractivity contribution in [2.24, 2.45) is 5.92 Å². The maximum absolute atomic E-state index is 13.9. The van der Waals surface area contributed by atoms with E-state index < -0.39 is 5.67 Å². The van der Waals surface area contributed by atoms with Crippen LogP contribution in [0.2, 0.25) is 0 Å². The summed E-state index contributed by atoms with van der Waals surface area (Å²) in [5.74, 6) is 0.286. The highest BCUT2D eigenvalue weighted by Gasteiger charge is 2.37. The van der Waals surface area contributed by atoms with Gasteiger partial charge in [-0.15, -0.1) is 0 Å². The third-order valence-electron chi connectivity index (χ3n) is 2.90. The third-order valence-corrected chi connectivity index (χ3v) is 2.90. The van der Waals surface area contributed by atoms with E-state index >= 15 is 0 Å². The molecule has 1 rings (SSSR count). The van der Waals surface area contributed by atoms with Crippen LogP contribution in [0.3, 0.4) is 0 Å². The van der Waals surface area contributed by atoms with Gasteiger partial charge in [0, 0.05) is 6.54 Å². The van der Waals surface area contributed by atoms with E-state index in [1.165, 1.54) is 0 Å². The van der Waals surface area contributed by atoms with Gasteiger partial charge in [-0.25, -0.2) is 4.39 Å². The minimum atomic E-state index is -0.924. The molecule has 0 aromatic rings. The van der Waals surface area contributed by atoms with Crippen LogP contribution < -0.4 is 5.32 Å². The van der Waals surface area contributed by atoms with Crippen LogP contribution in [0.15, 0.2) is 0 Å². The van der Waals surface area contributed by atoms with Gasteiger partial charge in [0.05, 0.1) is 0 Å². The summed E-state index contributed by atoms with van der Waals surface area (Å²) in [6.07, 6.45) is 2.63. The van der Waals surface area contributed by atoms with Crippen molar-refractivity contribution in [3.05, 3.63) is 0 Å². The summed E-state index contributed by atoms with van der Waals surface area (Å²) in [7, 11) is 0.